The zero-order chi connectivity index (χ0) is 10.8. The lowest BCUT2D eigenvalue weighted by molar-refractivity contribution is 1.70. The van der Waals surface area contributed by atoms with E-state index in [1.165, 1.54) is 10.8 Å². The van der Waals surface area contributed by atoms with E-state index < -0.39 is 0 Å². The van der Waals surface area contributed by atoms with Crippen LogP contribution in [0.1, 0.15) is 5.56 Å². The highest BCUT2D eigenvalue weighted by Gasteiger charge is 2.02. The Morgan fingerprint density at radius 1 is 1.07 bits per heavy atom. The molecule has 0 spiro atoms. The molecule has 2 aromatic carbocycles. The van der Waals surface area contributed by atoms with Gasteiger partial charge < -0.3 is 0 Å². The van der Waals surface area contributed by atoms with E-state index in [9.17, 15) is 0 Å². The van der Waals surface area contributed by atoms with Crippen LogP contribution in [0.15, 0.2) is 45.0 Å². The summed E-state index contributed by atoms with van der Waals surface area (Å²) in [5, 5.41) is 3.19. The van der Waals surface area contributed by atoms with Crippen LogP contribution in [-0.4, -0.2) is 0 Å². The number of hydrogen-bond acceptors (Lipinski definition) is 0. The molecule has 2 aromatic rings. The predicted molar refractivity (Wildman–Crippen MR) is 79.7 cm³/mol. The van der Waals surface area contributed by atoms with Gasteiger partial charge in [-0.2, -0.15) is 0 Å². The summed E-state index contributed by atoms with van der Waals surface area (Å²) in [6.07, 6.45) is 0. The van der Waals surface area contributed by atoms with Gasteiger partial charge in [0, 0.05) is 0 Å². The van der Waals surface area contributed by atoms with Gasteiger partial charge in [-0.15, -0.1) is 0 Å². The molecule has 0 aliphatic carbocycles. The molecule has 0 atom stereocenters. The Kier molecular flexibility index (Phi) is 3.69. The number of rotatable bonds is 1. The first-order chi connectivity index (χ1) is 7.18. The molecule has 0 amide bonds. The third-order valence-electron chi connectivity index (χ3n) is 2.17. The molecule has 3 heteroatoms. The third kappa shape index (κ3) is 2.55. The van der Waals surface area contributed by atoms with Gasteiger partial charge in [0.05, 0.1) is 7.52 Å². The quantitative estimate of drug-likeness (QED) is 0.559. The molecule has 0 aliphatic heterocycles. The first-order valence-corrected chi connectivity index (χ1v) is 6.63. The minimum absolute atomic E-state index is 0.751. The van der Waals surface area contributed by atoms with Gasteiger partial charge in [-0.3, -0.25) is 0 Å². The monoisotopic (exact) mass is 392 g/mol. The lowest BCUT2D eigenvalue weighted by Gasteiger charge is -2.02. The number of benzene rings is 2. The standard InChI is InChI=1S/C12H7BrClI/c13-12(15)11(14)10-6-5-8-3-1-2-4-9(8)7-10/h1-7H. The van der Waals surface area contributed by atoms with E-state index in [1.54, 1.807) is 0 Å². The second kappa shape index (κ2) is 4.85. The fraction of sp³-hybridized carbons (Fsp3) is 0. The molecule has 0 aliphatic rings. The van der Waals surface area contributed by atoms with Crippen molar-refractivity contribution in [2.45, 2.75) is 0 Å². The average Bonchev–Trinajstić information content (AvgIpc) is 2.27. The summed E-state index contributed by atoms with van der Waals surface area (Å²) in [7, 11) is 0. The normalized spacial score (nSPS) is 12.7. The van der Waals surface area contributed by atoms with Crippen LogP contribution in [0.5, 0.6) is 0 Å². The highest BCUT2D eigenvalue weighted by molar-refractivity contribution is 14.1. The molecule has 0 unspecified atom stereocenters. The zero-order valence-corrected chi connectivity index (χ0v) is 12.2. The Balaban J connectivity index is 2.62. The summed E-state index contributed by atoms with van der Waals surface area (Å²) in [5.41, 5.74) is 1.04. The fourth-order valence-corrected chi connectivity index (χ4v) is 2.09. The van der Waals surface area contributed by atoms with Crippen LogP contribution < -0.4 is 0 Å². The molecule has 0 N–H and O–H groups in total. The Morgan fingerprint density at radius 2 is 1.73 bits per heavy atom. The van der Waals surface area contributed by atoms with Crippen LogP contribution in [0.2, 0.25) is 0 Å². The van der Waals surface area contributed by atoms with Crippen molar-refractivity contribution in [2.24, 2.45) is 0 Å². The maximum Gasteiger partial charge on any atom is 0.0751 e. The highest BCUT2D eigenvalue weighted by Crippen LogP contribution is 2.32. The second-order valence-electron chi connectivity index (χ2n) is 3.14. The fourth-order valence-electron chi connectivity index (χ4n) is 1.43. The predicted octanol–water partition coefficient (Wildman–Crippen LogP) is 5.53. The SMILES string of the molecule is ClC(=C(Br)I)c1ccc2ccccc2c1. The summed E-state index contributed by atoms with van der Waals surface area (Å²) in [4.78, 5) is 0. The van der Waals surface area contributed by atoms with E-state index >= 15 is 0 Å². The van der Waals surface area contributed by atoms with Crippen molar-refractivity contribution in [1.82, 2.24) is 0 Å². The van der Waals surface area contributed by atoms with E-state index in [0.717, 1.165) is 13.1 Å². The first kappa shape index (κ1) is 11.4. The molecule has 0 radical (unpaired) electrons. The molecular formula is C12H7BrClI. The van der Waals surface area contributed by atoms with Gasteiger partial charge in [-0.1, -0.05) is 48.0 Å². The van der Waals surface area contributed by atoms with Gasteiger partial charge in [0.25, 0.3) is 0 Å². The van der Waals surface area contributed by atoms with Gasteiger partial charge in [-0.25, -0.2) is 0 Å². The van der Waals surface area contributed by atoms with E-state index in [4.69, 9.17) is 11.6 Å². The summed E-state index contributed by atoms with van der Waals surface area (Å²) in [5.74, 6) is 0. The second-order valence-corrected chi connectivity index (χ2v) is 6.87. The highest BCUT2D eigenvalue weighted by atomic mass is 127. The summed E-state index contributed by atoms with van der Waals surface area (Å²) in [6, 6.07) is 14.5. The topological polar surface area (TPSA) is 0 Å². The molecule has 0 nitrogen and oxygen atoms in total. The Hall–Kier alpha value is -0.0600. The molecule has 0 saturated heterocycles. The first-order valence-electron chi connectivity index (χ1n) is 4.38. The largest absolute Gasteiger partial charge is 0.0819 e. The molecule has 0 bridgehead atoms. The van der Waals surface area contributed by atoms with Crippen LogP contribution in [0, 0.1) is 0 Å². The van der Waals surface area contributed by atoms with Crippen molar-refractivity contribution in [2.75, 3.05) is 0 Å². The van der Waals surface area contributed by atoms with Crippen LogP contribution >= 0.6 is 50.1 Å². The molecule has 0 fully saturated rings. The maximum atomic E-state index is 6.17. The Morgan fingerprint density at radius 3 is 2.40 bits per heavy atom. The van der Waals surface area contributed by atoms with Crippen molar-refractivity contribution >= 4 is 65.9 Å². The summed E-state index contributed by atoms with van der Waals surface area (Å²) >= 11 is 11.7. The number of hydrogen-bond donors (Lipinski definition) is 0. The third-order valence-corrected chi connectivity index (χ3v) is 4.06. The molecular weight excluding hydrogens is 386 g/mol. The van der Waals surface area contributed by atoms with E-state index in [2.05, 4.69) is 62.8 Å². The number of fused-ring (bicyclic) bond motifs is 1. The van der Waals surface area contributed by atoms with E-state index in [-0.39, 0.29) is 0 Å². The molecule has 76 valence electrons. The van der Waals surface area contributed by atoms with Crippen LogP contribution in [0.4, 0.5) is 0 Å². The van der Waals surface area contributed by atoms with Crippen molar-refractivity contribution in [3.05, 3.63) is 50.5 Å². The van der Waals surface area contributed by atoms with Crippen LogP contribution in [-0.2, 0) is 0 Å². The Bertz CT molecular complexity index is 530. The lowest BCUT2D eigenvalue weighted by atomic mass is 10.1. The average molecular weight is 393 g/mol. The van der Waals surface area contributed by atoms with E-state index in [1.807, 2.05) is 18.2 Å². The van der Waals surface area contributed by atoms with Crippen molar-refractivity contribution in [3.8, 4) is 0 Å². The van der Waals surface area contributed by atoms with Gasteiger partial charge in [-0.05, 0) is 60.9 Å². The van der Waals surface area contributed by atoms with Gasteiger partial charge in [0.2, 0.25) is 0 Å². The molecule has 15 heavy (non-hydrogen) atoms. The zero-order valence-electron chi connectivity index (χ0n) is 7.68. The van der Waals surface area contributed by atoms with E-state index in [0.29, 0.717) is 0 Å². The van der Waals surface area contributed by atoms with Crippen molar-refractivity contribution < 1.29 is 0 Å². The smallest absolute Gasteiger partial charge is 0.0751 e. The van der Waals surface area contributed by atoms with Crippen LogP contribution in [0.3, 0.4) is 0 Å². The van der Waals surface area contributed by atoms with Gasteiger partial charge in [0.1, 0.15) is 0 Å². The maximum absolute atomic E-state index is 6.17. The van der Waals surface area contributed by atoms with Gasteiger partial charge >= 0.3 is 0 Å². The lowest BCUT2D eigenvalue weighted by Crippen LogP contribution is -1.78. The van der Waals surface area contributed by atoms with Crippen molar-refractivity contribution in [3.63, 3.8) is 0 Å². The summed E-state index contributed by atoms with van der Waals surface area (Å²) in [6.45, 7) is 0. The molecule has 2 rings (SSSR count). The van der Waals surface area contributed by atoms with Gasteiger partial charge in [0.15, 0.2) is 0 Å². The van der Waals surface area contributed by atoms with Crippen molar-refractivity contribution in [1.29, 1.82) is 0 Å². The molecule has 0 saturated carbocycles. The minimum atomic E-state index is 0.751. The summed E-state index contributed by atoms with van der Waals surface area (Å²) < 4.78 is 0.928. The molecule has 0 aromatic heterocycles. The number of halogens is 3. The Labute approximate surface area is 116 Å². The van der Waals surface area contributed by atoms with Crippen LogP contribution in [0.25, 0.3) is 15.8 Å². The molecule has 0 heterocycles. The minimum Gasteiger partial charge on any atom is -0.0819 e.